The Morgan fingerprint density at radius 1 is 0.929 bits per heavy atom. The van der Waals surface area contributed by atoms with E-state index in [2.05, 4.69) is 15.3 Å². The third kappa shape index (κ3) is 3.18. The van der Waals surface area contributed by atoms with E-state index in [9.17, 15) is 9.59 Å². The number of carbonyl (C=O) groups excluding carboxylic acids is 1. The number of benzene rings is 3. The number of fused-ring (bicyclic) bond motifs is 1. The van der Waals surface area contributed by atoms with Gasteiger partial charge in [-0.3, -0.25) is 9.59 Å². The molecule has 2 N–H and O–H groups in total. The zero-order chi connectivity index (χ0) is 19.7. The van der Waals surface area contributed by atoms with Gasteiger partial charge in [0.15, 0.2) is 0 Å². The Hall–Kier alpha value is -3.73. The molecule has 0 atom stereocenters. The van der Waals surface area contributed by atoms with Crippen molar-refractivity contribution in [2.24, 2.45) is 0 Å². The first kappa shape index (κ1) is 17.7. The molecule has 0 saturated carbocycles. The standard InChI is InChI=1S/C23H19N3O2/c1-14-8-7-10-16(15(14)2)22(27)25-18-11-4-3-9-17(18)21-23(28)26-20-13-6-5-12-19(20)24-21/h3-13H,1-2H3,(H,25,27)(H,26,28). The minimum absolute atomic E-state index is 0.217. The Morgan fingerprint density at radius 3 is 2.54 bits per heavy atom. The molecule has 1 aromatic heterocycles. The number of aromatic amines is 1. The molecular weight excluding hydrogens is 350 g/mol. The minimum atomic E-state index is -0.299. The number of nitrogens with zero attached hydrogens (tertiary/aromatic N) is 1. The first-order valence-corrected chi connectivity index (χ1v) is 9.00. The zero-order valence-electron chi connectivity index (χ0n) is 15.6. The largest absolute Gasteiger partial charge is 0.321 e. The molecule has 138 valence electrons. The van der Waals surface area contributed by atoms with Crippen molar-refractivity contribution in [1.29, 1.82) is 0 Å². The fraction of sp³-hybridized carbons (Fsp3) is 0.0870. The van der Waals surface area contributed by atoms with Crippen LogP contribution in [0.2, 0.25) is 0 Å². The number of rotatable bonds is 3. The van der Waals surface area contributed by atoms with Crippen LogP contribution in [0.5, 0.6) is 0 Å². The summed E-state index contributed by atoms with van der Waals surface area (Å²) < 4.78 is 0. The fourth-order valence-electron chi connectivity index (χ4n) is 3.20. The molecule has 0 bridgehead atoms. The Morgan fingerprint density at radius 2 is 1.68 bits per heavy atom. The first-order valence-electron chi connectivity index (χ1n) is 9.00. The first-order chi connectivity index (χ1) is 13.5. The van der Waals surface area contributed by atoms with Crippen molar-refractivity contribution in [2.45, 2.75) is 13.8 Å². The number of carbonyl (C=O) groups is 1. The average molecular weight is 369 g/mol. The Kier molecular flexibility index (Phi) is 4.49. The molecule has 3 aromatic carbocycles. The van der Waals surface area contributed by atoms with Gasteiger partial charge in [0.05, 0.1) is 16.7 Å². The second-order valence-electron chi connectivity index (χ2n) is 6.68. The van der Waals surface area contributed by atoms with E-state index in [1.54, 1.807) is 18.2 Å². The van der Waals surface area contributed by atoms with Gasteiger partial charge in [-0.05, 0) is 49.2 Å². The summed E-state index contributed by atoms with van der Waals surface area (Å²) >= 11 is 0. The van der Waals surface area contributed by atoms with Crippen LogP contribution in [0.25, 0.3) is 22.3 Å². The molecule has 0 aliphatic heterocycles. The molecular formula is C23H19N3O2. The van der Waals surface area contributed by atoms with Crippen molar-refractivity contribution in [3.63, 3.8) is 0 Å². The van der Waals surface area contributed by atoms with Crippen LogP contribution in [-0.4, -0.2) is 15.9 Å². The predicted octanol–water partition coefficient (Wildman–Crippen LogP) is 4.46. The maximum absolute atomic E-state index is 12.9. The van der Waals surface area contributed by atoms with E-state index in [-0.39, 0.29) is 17.2 Å². The molecule has 4 aromatic rings. The summed E-state index contributed by atoms with van der Waals surface area (Å²) in [6.07, 6.45) is 0. The Bertz CT molecular complexity index is 1260. The zero-order valence-corrected chi connectivity index (χ0v) is 15.6. The predicted molar refractivity (Wildman–Crippen MR) is 112 cm³/mol. The molecule has 1 amide bonds. The third-order valence-electron chi connectivity index (χ3n) is 4.88. The van der Waals surface area contributed by atoms with Crippen LogP contribution in [0, 0.1) is 13.8 Å². The number of nitrogens with one attached hydrogen (secondary N) is 2. The van der Waals surface area contributed by atoms with E-state index < -0.39 is 0 Å². The highest BCUT2D eigenvalue weighted by Crippen LogP contribution is 2.26. The molecule has 28 heavy (non-hydrogen) atoms. The van der Waals surface area contributed by atoms with E-state index in [0.717, 1.165) is 11.1 Å². The Labute approximate surface area is 162 Å². The highest BCUT2D eigenvalue weighted by Gasteiger charge is 2.16. The molecule has 4 rings (SSSR count). The highest BCUT2D eigenvalue weighted by atomic mass is 16.1. The molecule has 0 aliphatic rings. The van der Waals surface area contributed by atoms with Crippen LogP contribution >= 0.6 is 0 Å². The van der Waals surface area contributed by atoms with Crippen LogP contribution < -0.4 is 10.9 Å². The summed E-state index contributed by atoms with van der Waals surface area (Å²) in [5.74, 6) is -0.217. The van der Waals surface area contributed by atoms with Gasteiger partial charge < -0.3 is 10.3 Å². The second kappa shape index (κ2) is 7.12. The number of hydrogen-bond donors (Lipinski definition) is 2. The van der Waals surface area contributed by atoms with Crippen molar-refractivity contribution >= 4 is 22.6 Å². The van der Waals surface area contributed by atoms with E-state index in [1.807, 2.05) is 62.4 Å². The van der Waals surface area contributed by atoms with E-state index in [1.165, 1.54) is 0 Å². The number of amides is 1. The fourth-order valence-corrected chi connectivity index (χ4v) is 3.20. The maximum atomic E-state index is 12.9. The molecule has 0 saturated heterocycles. The van der Waals surface area contributed by atoms with Crippen molar-refractivity contribution < 1.29 is 4.79 Å². The van der Waals surface area contributed by atoms with Gasteiger partial charge in [0.2, 0.25) is 0 Å². The van der Waals surface area contributed by atoms with Crippen LogP contribution in [-0.2, 0) is 0 Å². The van der Waals surface area contributed by atoms with Gasteiger partial charge in [-0.1, -0.05) is 42.5 Å². The summed E-state index contributed by atoms with van der Waals surface area (Å²) in [6, 6.07) is 20.2. The second-order valence-corrected chi connectivity index (χ2v) is 6.68. The smallest absolute Gasteiger partial charge is 0.275 e. The quantitative estimate of drug-likeness (QED) is 0.560. The van der Waals surface area contributed by atoms with Crippen LogP contribution in [0.1, 0.15) is 21.5 Å². The van der Waals surface area contributed by atoms with Gasteiger partial charge in [-0.2, -0.15) is 0 Å². The SMILES string of the molecule is Cc1cccc(C(=O)Nc2ccccc2-c2nc3ccccc3[nH]c2=O)c1C. The van der Waals surface area contributed by atoms with Gasteiger partial charge in [-0.25, -0.2) is 4.98 Å². The van der Waals surface area contributed by atoms with Gasteiger partial charge in [0.1, 0.15) is 5.69 Å². The molecule has 0 unspecified atom stereocenters. The Balaban J connectivity index is 1.78. The number of H-pyrrole nitrogens is 1. The van der Waals surface area contributed by atoms with Crippen molar-refractivity contribution in [2.75, 3.05) is 5.32 Å². The van der Waals surface area contributed by atoms with Crippen LogP contribution in [0.4, 0.5) is 5.69 Å². The van der Waals surface area contributed by atoms with E-state index in [4.69, 9.17) is 0 Å². The lowest BCUT2D eigenvalue weighted by Crippen LogP contribution is -2.17. The van der Waals surface area contributed by atoms with Crippen LogP contribution in [0.15, 0.2) is 71.5 Å². The number of anilines is 1. The summed E-state index contributed by atoms with van der Waals surface area (Å²) in [6.45, 7) is 3.89. The van der Waals surface area contributed by atoms with Gasteiger partial charge in [-0.15, -0.1) is 0 Å². The van der Waals surface area contributed by atoms with Crippen molar-refractivity contribution in [3.05, 3.63) is 93.8 Å². The van der Waals surface area contributed by atoms with Crippen molar-refractivity contribution in [3.8, 4) is 11.3 Å². The van der Waals surface area contributed by atoms with Crippen LogP contribution in [0.3, 0.4) is 0 Å². The summed E-state index contributed by atoms with van der Waals surface area (Å²) in [4.78, 5) is 32.8. The lowest BCUT2D eigenvalue weighted by molar-refractivity contribution is 0.102. The lowest BCUT2D eigenvalue weighted by Gasteiger charge is -2.13. The molecule has 0 spiro atoms. The number of aromatic nitrogens is 2. The highest BCUT2D eigenvalue weighted by molar-refractivity contribution is 6.07. The summed E-state index contributed by atoms with van der Waals surface area (Å²) in [5.41, 5.74) is 5.04. The van der Waals surface area contributed by atoms with Gasteiger partial charge >= 0.3 is 0 Å². The van der Waals surface area contributed by atoms with E-state index in [0.29, 0.717) is 27.8 Å². The number of aryl methyl sites for hydroxylation is 1. The molecule has 0 fully saturated rings. The summed E-state index contributed by atoms with van der Waals surface area (Å²) in [7, 11) is 0. The topological polar surface area (TPSA) is 74.8 Å². The maximum Gasteiger partial charge on any atom is 0.275 e. The van der Waals surface area contributed by atoms with Gasteiger partial charge in [0.25, 0.3) is 11.5 Å². The molecule has 5 nitrogen and oxygen atoms in total. The average Bonchev–Trinajstić information content (AvgIpc) is 2.70. The molecule has 1 heterocycles. The number of para-hydroxylation sites is 3. The molecule has 0 aliphatic carbocycles. The van der Waals surface area contributed by atoms with Gasteiger partial charge in [0, 0.05) is 11.1 Å². The molecule has 0 radical (unpaired) electrons. The summed E-state index contributed by atoms with van der Waals surface area (Å²) in [5, 5.41) is 2.94. The van der Waals surface area contributed by atoms with E-state index >= 15 is 0 Å². The number of hydrogen-bond acceptors (Lipinski definition) is 3. The molecule has 5 heteroatoms. The third-order valence-corrected chi connectivity index (χ3v) is 4.88. The normalized spacial score (nSPS) is 10.8. The monoisotopic (exact) mass is 369 g/mol. The minimum Gasteiger partial charge on any atom is -0.321 e. The lowest BCUT2D eigenvalue weighted by atomic mass is 10.0. The van der Waals surface area contributed by atoms with Crippen molar-refractivity contribution in [1.82, 2.24) is 9.97 Å².